The molecule has 0 amide bonds. The van der Waals surface area contributed by atoms with Crippen molar-refractivity contribution >= 4 is 0 Å². The third kappa shape index (κ3) is 3.52. The lowest BCUT2D eigenvalue weighted by molar-refractivity contribution is 0.121. The van der Waals surface area contributed by atoms with Gasteiger partial charge in [-0.05, 0) is 19.8 Å². The molecule has 12 heavy (non-hydrogen) atoms. The van der Waals surface area contributed by atoms with Crippen LogP contribution in [0.4, 0.5) is 0 Å². The van der Waals surface area contributed by atoms with Crippen molar-refractivity contribution in [2.24, 2.45) is 0 Å². The van der Waals surface area contributed by atoms with E-state index in [-0.39, 0.29) is 18.2 Å². The Bertz CT molecular complexity index is 103. The van der Waals surface area contributed by atoms with Crippen molar-refractivity contribution in [3.8, 4) is 0 Å². The minimum Gasteiger partial charge on any atom is -0.394 e. The lowest BCUT2D eigenvalue weighted by Crippen LogP contribution is -2.49. The van der Waals surface area contributed by atoms with Crippen LogP contribution in [0.15, 0.2) is 0 Å². The van der Waals surface area contributed by atoms with Crippen molar-refractivity contribution in [1.29, 1.82) is 0 Å². The molecule has 0 rings (SSSR count). The molecule has 0 aromatic carbocycles. The number of rotatable bonds is 6. The summed E-state index contributed by atoms with van der Waals surface area (Å²) in [6.45, 7) is 6.49. The molecule has 0 aromatic rings. The second-order valence-corrected chi connectivity index (χ2v) is 3.38. The fourth-order valence-corrected chi connectivity index (χ4v) is 1.14. The highest BCUT2D eigenvalue weighted by molar-refractivity contribution is 4.84. The number of aliphatic hydroxyl groups excluding tert-OH is 2. The zero-order valence-corrected chi connectivity index (χ0v) is 8.30. The van der Waals surface area contributed by atoms with Gasteiger partial charge in [-0.3, -0.25) is 0 Å². The zero-order valence-electron chi connectivity index (χ0n) is 8.30. The van der Waals surface area contributed by atoms with Crippen LogP contribution in [-0.2, 0) is 0 Å². The van der Waals surface area contributed by atoms with E-state index >= 15 is 0 Å². The third-order valence-corrected chi connectivity index (χ3v) is 2.43. The Morgan fingerprint density at radius 2 is 1.83 bits per heavy atom. The average Bonchev–Trinajstić information content (AvgIpc) is 2.08. The van der Waals surface area contributed by atoms with Gasteiger partial charge < -0.3 is 15.5 Å². The van der Waals surface area contributed by atoms with E-state index in [1.54, 1.807) is 6.92 Å². The van der Waals surface area contributed by atoms with E-state index in [9.17, 15) is 0 Å². The predicted octanol–water partition coefficient (Wildman–Crippen LogP) is 0.508. The molecule has 0 radical (unpaired) electrons. The average molecular weight is 175 g/mol. The first-order valence-electron chi connectivity index (χ1n) is 4.64. The minimum atomic E-state index is -0.353. The van der Waals surface area contributed by atoms with Crippen LogP contribution in [0.25, 0.3) is 0 Å². The van der Waals surface area contributed by atoms with Gasteiger partial charge in [-0.2, -0.15) is 0 Å². The van der Waals surface area contributed by atoms with E-state index in [0.29, 0.717) is 6.54 Å². The summed E-state index contributed by atoms with van der Waals surface area (Å²) in [6, 6.07) is 0. The molecule has 0 aliphatic carbocycles. The maximum atomic E-state index is 9.15. The lowest BCUT2D eigenvalue weighted by Gasteiger charge is -2.31. The molecule has 1 atom stereocenters. The molecule has 3 N–H and O–H groups in total. The Morgan fingerprint density at radius 1 is 1.33 bits per heavy atom. The molecular formula is C9H21NO2. The molecule has 0 aromatic heterocycles. The Hall–Kier alpha value is -0.120. The first-order chi connectivity index (χ1) is 5.60. The van der Waals surface area contributed by atoms with Crippen LogP contribution in [0.1, 0.15) is 33.6 Å². The molecule has 0 spiro atoms. The van der Waals surface area contributed by atoms with E-state index in [1.807, 2.05) is 13.8 Å². The maximum absolute atomic E-state index is 9.15. The highest BCUT2D eigenvalue weighted by Gasteiger charge is 2.24. The molecular weight excluding hydrogens is 154 g/mol. The highest BCUT2D eigenvalue weighted by Crippen LogP contribution is 2.13. The second kappa shape index (κ2) is 5.51. The van der Waals surface area contributed by atoms with Gasteiger partial charge >= 0.3 is 0 Å². The van der Waals surface area contributed by atoms with Crippen LogP contribution >= 0.6 is 0 Å². The van der Waals surface area contributed by atoms with Gasteiger partial charge in [0.15, 0.2) is 0 Å². The van der Waals surface area contributed by atoms with Crippen molar-refractivity contribution in [1.82, 2.24) is 5.32 Å². The molecule has 74 valence electrons. The molecule has 0 aliphatic heterocycles. The summed E-state index contributed by atoms with van der Waals surface area (Å²) in [6.07, 6.45) is 1.41. The zero-order chi connectivity index (χ0) is 9.61. The summed E-state index contributed by atoms with van der Waals surface area (Å²) < 4.78 is 0. The van der Waals surface area contributed by atoms with Gasteiger partial charge in [0.05, 0.1) is 12.7 Å². The summed E-state index contributed by atoms with van der Waals surface area (Å²) in [7, 11) is 0. The minimum absolute atomic E-state index is 0.132. The summed E-state index contributed by atoms with van der Waals surface area (Å²) in [5.41, 5.74) is -0.197. The van der Waals surface area contributed by atoms with Crippen LogP contribution in [0.5, 0.6) is 0 Å². The quantitative estimate of drug-likeness (QED) is 0.551. The van der Waals surface area contributed by atoms with Crippen LogP contribution in [-0.4, -0.2) is 35.0 Å². The fraction of sp³-hybridized carbons (Fsp3) is 1.00. The topological polar surface area (TPSA) is 52.5 Å². The standard InChI is InChI=1S/C9H21NO2/c1-4-9(5-2,7-11)10-6-8(3)12/h8,10-12H,4-7H2,1-3H3/t8-/m1/s1. The molecule has 0 unspecified atom stereocenters. The van der Waals surface area contributed by atoms with Gasteiger partial charge in [0.25, 0.3) is 0 Å². The Morgan fingerprint density at radius 3 is 2.08 bits per heavy atom. The molecule has 3 heteroatoms. The van der Waals surface area contributed by atoms with E-state index in [4.69, 9.17) is 10.2 Å². The molecule has 0 heterocycles. The van der Waals surface area contributed by atoms with Crippen molar-refractivity contribution in [3.63, 3.8) is 0 Å². The van der Waals surface area contributed by atoms with Gasteiger partial charge in [-0.1, -0.05) is 13.8 Å². The second-order valence-electron chi connectivity index (χ2n) is 3.38. The number of aliphatic hydroxyl groups is 2. The van der Waals surface area contributed by atoms with Gasteiger partial charge in [-0.15, -0.1) is 0 Å². The maximum Gasteiger partial charge on any atom is 0.0636 e. The molecule has 0 saturated heterocycles. The van der Waals surface area contributed by atoms with Crippen LogP contribution < -0.4 is 5.32 Å². The highest BCUT2D eigenvalue weighted by atomic mass is 16.3. The SMILES string of the molecule is CCC(CC)(CO)NC[C@@H](C)O. The summed E-state index contributed by atoms with van der Waals surface area (Å²) in [5, 5.41) is 21.4. The van der Waals surface area contributed by atoms with Crippen LogP contribution in [0.2, 0.25) is 0 Å². The van der Waals surface area contributed by atoms with Crippen molar-refractivity contribution in [2.75, 3.05) is 13.2 Å². The number of β-amino-alcohol motifs (C(OH)–C–C–N with tert-alkyl or cyclic N) is 1. The van der Waals surface area contributed by atoms with Crippen molar-refractivity contribution in [3.05, 3.63) is 0 Å². The Kier molecular flexibility index (Phi) is 5.46. The summed E-state index contributed by atoms with van der Waals surface area (Å²) in [5.74, 6) is 0. The van der Waals surface area contributed by atoms with E-state index in [1.165, 1.54) is 0 Å². The van der Waals surface area contributed by atoms with E-state index in [2.05, 4.69) is 5.32 Å². The number of hydrogen-bond donors (Lipinski definition) is 3. The Labute approximate surface area is 74.8 Å². The molecule has 0 fully saturated rings. The third-order valence-electron chi connectivity index (χ3n) is 2.43. The van der Waals surface area contributed by atoms with Crippen molar-refractivity contribution in [2.45, 2.75) is 45.3 Å². The predicted molar refractivity (Wildman–Crippen MR) is 50.1 cm³/mol. The number of hydrogen-bond acceptors (Lipinski definition) is 3. The van der Waals surface area contributed by atoms with Crippen LogP contribution in [0, 0.1) is 0 Å². The summed E-state index contributed by atoms with van der Waals surface area (Å²) in [4.78, 5) is 0. The molecule has 3 nitrogen and oxygen atoms in total. The van der Waals surface area contributed by atoms with E-state index < -0.39 is 0 Å². The summed E-state index contributed by atoms with van der Waals surface area (Å²) >= 11 is 0. The largest absolute Gasteiger partial charge is 0.394 e. The fourth-order valence-electron chi connectivity index (χ4n) is 1.14. The van der Waals surface area contributed by atoms with Gasteiger partial charge in [0.1, 0.15) is 0 Å². The normalized spacial score (nSPS) is 14.8. The first-order valence-corrected chi connectivity index (χ1v) is 4.64. The molecule has 0 saturated carbocycles. The molecule has 0 aliphatic rings. The van der Waals surface area contributed by atoms with Gasteiger partial charge in [0.2, 0.25) is 0 Å². The monoisotopic (exact) mass is 175 g/mol. The lowest BCUT2D eigenvalue weighted by atomic mass is 9.94. The smallest absolute Gasteiger partial charge is 0.0636 e. The van der Waals surface area contributed by atoms with Crippen LogP contribution in [0.3, 0.4) is 0 Å². The van der Waals surface area contributed by atoms with Crippen molar-refractivity contribution < 1.29 is 10.2 Å². The first kappa shape index (κ1) is 11.9. The van der Waals surface area contributed by atoms with Gasteiger partial charge in [0, 0.05) is 12.1 Å². The van der Waals surface area contributed by atoms with Gasteiger partial charge in [-0.25, -0.2) is 0 Å². The molecule has 0 bridgehead atoms. The Balaban J connectivity index is 3.93. The number of nitrogens with one attached hydrogen (secondary N) is 1. The van der Waals surface area contributed by atoms with E-state index in [0.717, 1.165) is 12.8 Å².